The molecule has 0 spiro atoms. The molecule has 1 saturated heterocycles. The van der Waals surface area contributed by atoms with Gasteiger partial charge in [0.05, 0.1) is 0 Å². The number of aliphatic hydroxyl groups excluding tert-OH is 2. The van der Waals surface area contributed by atoms with Gasteiger partial charge < -0.3 is 19.7 Å². The van der Waals surface area contributed by atoms with Gasteiger partial charge in [-0.15, -0.1) is 0 Å². The Morgan fingerprint density at radius 3 is 1.85 bits per heavy atom. The molecule has 0 amide bonds. The maximum absolute atomic E-state index is 10.9. The number of carbonyl (C=O) groups excluding carboxylic acids is 2. The van der Waals surface area contributed by atoms with Gasteiger partial charge in [-0.3, -0.25) is 0 Å². The summed E-state index contributed by atoms with van der Waals surface area (Å²) in [6.45, 7) is 1.63. The Balaban J connectivity index is 2.78. The van der Waals surface area contributed by atoms with E-state index in [1.54, 1.807) is 6.92 Å². The molecule has 0 aliphatic carbocycles. The van der Waals surface area contributed by atoms with E-state index >= 15 is 0 Å². The molecular formula is C7H10O6. The van der Waals surface area contributed by atoms with Crippen LogP contribution in [0.5, 0.6) is 0 Å². The first kappa shape index (κ1) is 9.94. The molecule has 0 aromatic heterocycles. The fourth-order valence-electron chi connectivity index (χ4n) is 0.847. The summed E-state index contributed by atoms with van der Waals surface area (Å²) < 4.78 is 9.04. The number of aliphatic hydroxyl groups is 2. The normalized spacial score (nSPS) is 34.8. The molecule has 13 heavy (non-hydrogen) atoms. The molecule has 74 valence electrons. The fourth-order valence-corrected chi connectivity index (χ4v) is 0.847. The van der Waals surface area contributed by atoms with Crippen molar-refractivity contribution in [1.29, 1.82) is 0 Å². The summed E-state index contributed by atoms with van der Waals surface area (Å²) in [5, 5.41) is 18.0. The van der Waals surface area contributed by atoms with Gasteiger partial charge in [-0.2, -0.15) is 0 Å². The molecule has 1 fully saturated rings. The van der Waals surface area contributed by atoms with Gasteiger partial charge in [0, 0.05) is 6.42 Å². The lowest BCUT2D eigenvalue weighted by Crippen LogP contribution is -2.38. The maximum Gasteiger partial charge on any atom is 0.341 e. The van der Waals surface area contributed by atoms with Crippen molar-refractivity contribution in [2.24, 2.45) is 0 Å². The Morgan fingerprint density at radius 2 is 1.54 bits per heavy atom. The molecule has 1 rings (SSSR count). The van der Waals surface area contributed by atoms with Crippen LogP contribution in [0.4, 0.5) is 0 Å². The highest BCUT2D eigenvalue weighted by Gasteiger charge is 2.39. The molecular weight excluding hydrogens is 180 g/mol. The molecule has 0 bridgehead atoms. The van der Waals surface area contributed by atoms with Gasteiger partial charge in [0.1, 0.15) is 0 Å². The summed E-state index contributed by atoms with van der Waals surface area (Å²) in [6.07, 6.45) is -4.46. The van der Waals surface area contributed by atoms with Gasteiger partial charge in [0.25, 0.3) is 0 Å². The zero-order valence-corrected chi connectivity index (χ0v) is 6.97. The number of esters is 2. The van der Waals surface area contributed by atoms with Crippen molar-refractivity contribution < 1.29 is 29.3 Å². The van der Waals surface area contributed by atoms with E-state index in [1.807, 2.05) is 0 Å². The lowest BCUT2D eigenvalue weighted by molar-refractivity contribution is -0.183. The number of cyclic esters (lactones) is 2. The summed E-state index contributed by atoms with van der Waals surface area (Å²) in [5.41, 5.74) is 0. The SMILES string of the molecule is CCC1OC(=O)C(O)C(O)C(=O)O1. The van der Waals surface area contributed by atoms with E-state index in [1.165, 1.54) is 0 Å². The largest absolute Gasteiger partial charge is 0.423 e. The van der Waals surface area contributed by atoms with E-state index in [9.17, 15) is 9.59 Å². The van der Waals surface area contributed by atoms with Gasteiger partial charge in [-0.1, -0.05) is 6.92 Å². The quantitative estimate of drug-likeness (QED) is 0.491. The summed E-state index contributed by atoms with van der Waals surface area (Å²) in [7, 11) is 0. The lowest BCUT2D eigenvalue weighted by Gasteiger charge is -2.11. The molecule has 1 heterocycles. The minimum absolute atomic E-state index is 0.275. The summed E-state index contributed by atoms with van der Waals surface area (Å²) in [4.78, 5) is 21.7. The lowest BCUT2D eigenvalue weighted by atomic mass is 10.2. The molecule has 6 nitrogen and oxygen atoms in total. The van der Waals surface area contributed by atoms with Crippen LogP contribution in [0.1, 0.15) is 13.3 Å². The molecule has 0 saturated carbocycles. The van der Waals surface area contributed by atoms with Crippen molar-refractivity contribution >= 4 is 11.9 Å². The first-order valence-electron chi connectivity index (χ1n) is 3.83. The predicted molar refractivity (Wildman–Crippen MR) is 38.3 cm³/mol. The molecule has 0 aromatic rings. The molecule has 1 aliphatic heterocycles. The van der Waals surface area contributed by atoms with Crippen molar-refractivity contribution in [3.63, 3.8) is 0 Å². The molecule has 0 aromatic carbocycles. The second-order valence-electron chi connectivity index (χ2n) is 2.60. The molecule has 1 aliphatic rings. The van der Waals surface area contributed by atoms with Crippen LogP contribution in [0.2, 0.25) is 0 Å². The highest BCUT2D eigenvalue weighted by Crippen LogP contribution is 2.12. The molecule has 2 atom stereocenters. The maximum atomic E-state index is 10.9. The van der Waals surface area contributed by atoms with Crippen molar-refractivity contribution in [2.75, 3.05) is 0 Å². The van der Waals surface area contributed by atoms with Crippen LogP contribution < -0.4 is 0 Å². The number of carbonyl (C=O) groups is 2. The van der Waals surface area contributed by atoms with Crippen LogP contribution >= 0.6 is 0 Å². The zero-order chi connectivity index (χ0) is 10.0. The van der Waals surface area contributed by atoms with Gasteiger partial charge >= 0.3 is 11.9 Å². The van der Waals surface area contributed by atoms with Gasteiger partial charge in [0.15, 0.2) is 12.2 Å². The Kier molecular flexibility index (Phi) is 2.84. The Bertz CT molecular complexity index is 203. The summed E-state index contributed by atoms with van der Waals surface area (Å²) in [5.74, 6) is -2.10. The zero-order valence-electron chi connectivity index (χ0n) is 6.97. The van der Waals surface area contributed by atoms with Crippen LogP contribution in [-0.2, 0) is 19.1 Å². The van der Waals surface area contributed by atoms with Crippen LogP contribution in [-0.4, -0.2) is 40.6 Å². The third-order valence-corrected chi connectivity index (χ3v) is 1.61. The van der Waals surface area contributed by atoms with Crippen LogP contribution in [0.25, 0.3) is 0 Å². The average molecular weight is 190 g/mol. The van der Waals surface area contributed by atoms with E-state index in [0.717, 1.165) is 0 Å². The Hall–Kier alpha value is -1.14. The smallest absolute Gasteiger partial charge is 0.341 e. The van der Waals surface area contributed by atoms with E-state index in [4.69, 9.17) is 10.2 Å². The Labute approximate surface area is 74.1 Å². The second-order valence-corrected chi connectivity index (χ2v) is 2.60. The minimum atomic E-state index is -1.86. The average Bonchev–Trinajstić information content (AvgIpc) is 2.20. The Morgan fingerprint density at radius 1 is 1.15 bits per heavy atom. The first-order valence-corrected chi connectivity index (χ1v) is 3.83. The third kappa shape index (κ3) is 1.96. The van der Waals surface area contributed by atoms with Crippen molar-refractivity contribution in [2.45, 2.75) is 31.8 Å². The standard InChI is InChI=1S/C7H10O6/c1-2-3-12-6(10)4(8)5(9)7(11)13-3/h3-5,8-9H,2H2,1H3. The summed E-state index contributed by atoms with van der Waals surface area (Å²) >= 11 is 0. The number of hydrogen-bond donors (Lipinski definition) is 2. The van der Waals surface area contributed by atoms with Crippen LogP contribution in [0.15, 0.2) is 0 Å². The number of rotatable bonds is 1. The van der Waals surface area contributed by atoms with E-state index < -0.39 is 30.4 Å². The van der Waals surface area contributed by atoms with Crippen molar-refractivity contribution in [1.82, 2.24) is 0 Å². The van der Waals surface area contributed by atoms with E-state index in [-0.39, 0.29) is 6.42 Å². The van der Waals surface area contributed by atoms with Crippen molar-refractivity contribution in [3.05, 3.63) is 0 Å². The third-order valence-electron chi connectivity index (χ3n) is 1.61. The summed E-state index contributed by atoms with van der Waals surface area (Å²) in [6, 6.07) is 0. The van der Waals surface area contributed by atoms with Crippen LogP contribution in [0.3, 0.4) is 0 Å². The minimum Gasteiger partial charge on any atom is -0.423 e. The fraction of sp³-hybridized carbons (Fsp3) is 0.714. The highest BCUT2D eigenvalue weighted by molar-refractivity contribution is 5.86. The monoisotopic (exact) mass is 190 g/mol. The second kappa shape index (κ2) is 3.71. The van der Waals surface area contributed by atoms with Crippen molar-refractivity contribution in [3.8, 4) is 0 Å². The van der Waals surface area contributed by atoms with Crippen LogP contribution in [0, 0.1) is 0 Å². The molecule has 2 N–H and O–H groups in total. The van der Waals surface area contributed by atoms with Gasteiger partial charge in [0.2, 0.25) is 6.29 Å². The van der Waals surface area contributed by atoms with Gasteiger partial charge in [-0.25, -0.2) is 9.59 Å². The topological polar surface area (TPSA) is 93.1 Å². The highest BCUT2D eigenvalue weighted by atomic mass is 16.7. The van der Waals surface area contributed by atoms with E-state index in [0.29, 0.717) is 0 Å². The molecule has 0 radical (unpaired) electrons. The van der Waals surface area contributed by atoms with Gasteiger partial charge in [-0.05, 0) is 0 Å². The molecule has 2 unspecified atom stereocenters. The number of hydrogen-bond acceptors (Lipinski definition) is 6. The molecule has 6 heteroatoms. The number of ether oxygens (including phenoxy) is 2. The first-order chi connectivity index (χ1) is 6.06. The van der Waals surface area contributed by atoms with E-state index in [2.05, 4.69) is 9.47 Å². The predicted octanol–water partition coefficient (Wildman–Crippen LogP) is -1.46.